The molecule has 1 aliphatic carbocycles. The topological polar surface area (TPSA) is 105 Å². The first kappa shape index (κ1) is 21.6. The van der Waals surface area contributed by atoms with Gasteiger partial charge >= 0.3 is 0 Å². The minimum atomic E-state index is -2.61. The fourth-order valence-electron chi connectivity index (χ4n) is 5.70. The van der Waals surface area contributed by atoms with Crippen LogP contribution in [0.5, 0.6) is 0 Å². The molecule has 6 rings (SSSR count). The summed E-state index contributed by atoms with van der Waals surface area (Å²) in [5.41, 5.74) is 7.39. The molecule has 2 atom stereocenters. The predicted molar refractivity (Wildman–Crippen MR) is 130 cm³/mol. The van der Waals surface area contributed by atoms with E-state index in [1.807, 2.05) is 30.3 Å². The zero-order chi connectivity index (χ0) is 24.3. The molecule has 1 aromatic carbocycles. The Bertz CT molecular complexity index is 1550. The van der Waals surface area contributed by atoms with Gasteiger partial charge in [-0.3, -0.25) is 14.6 Å². The van der Waals surface area contributed by atoms with E-state index < -0.39 is 11.8 Å². The van der Waals surface area contributed by atoms with E-state index in [1.54, 1.807) is 6.07 Å². The molecule has 1 saturated carbocycles. The predicted octanol–water partition coefficient (Wildman–Crippen LogP) is 4.11. The van der Waals surface area contributed by atoms with E-state index in [2.05, 4.69) is 14.9 Å². The molecular weight excluding hydrogens is 452 g/mol. The monoisotopic (exact) mass is 475 g/mol. The number of nitrogens with one attached hydrogen (secondary N) is 1. The lowest BCUT2D eigenvalue weighted by Gasteiger charge is -2.36. The number of carbonyl (C=O) groups is 1. The Morgan fingerprint density at radius 2 is 1.94 bits per heavy atom. The highest BCUT2D eigenvalue weighted by atomic mass is 19.3. The molecule has 7 nitrogen and oxygen atoms in total. The van der Waals surface area contributed by atoms with Gasteiger partial charge in [0.1, 0.15) is 11.5 Å². The number of alkyl halides is 2. The maximum absolute atomic E-state index is 14.1. The van der Waals surface area contributed by atoms with E-state index in [4.69, 9.17) is 10.7 Å². The van der Waals surface area contributed by atoms with Gasteiger partial charge in [-0.05, 0) is 36.5 Å². The maximum atomic E-state index is 14.1. The molecule has 9 heteroatoms. The van der Waals surface area contributed by atoms with Gasteiger partial charge < -0.3 is 15.6 Å². The van der Waals surface area contributed by atoms with Gasteiger partial charge in [0.15, 0.2) is 5.43 Å². The molecule has 0 spiro atoms. The number of rotatable bonds is 3. The molecule has 0 radical (unpaired) electrons. The minimum absolute atomic E-state index is 0.0188. The fraction of sp³-hybridized carbons (Fsp3) is 0.308. The van der Waals surface area contributed by atoms with Gasteiger partial charge in [0, 0.05) is 49.1 Å². The average molecular weight is 475 g/mol. The Morgan fingerprint density at radius 1 is 1.14 bits per heavy atom. The average Bonchev–Trinajstić information content (AvgIpc) is 3.15. The molecule has 35 heavy (non-hydrogen) atoms. The number of hydrogen-bond acceptors (Lipinski definition) is 5. The second-order valence-electron chi connectivity index (χ2n) is 9.56. The van der Waals surface area contributed by atoms with Gasteiger partial charge in [-0.1, -0.05) is 18.2 Å². The number of carbonyl (C=O) groups excluding carboxylic acids is 1. The summed E-state index contributed by atoms with van der Waals surface area (Å²) in [6.07, 6.45) is 1.95. The largest absolute Gasteiger partial charge is 0.364 e. The van der Waals surface area contributed by atoms with Crippen LogP contribution in [0.2, 0.25) is 0 Å². The number of fused-ring (bicyclic) bond motifs is 3. The summed E-state index contributed by atoms with van der Waals surface area (Å²) in [4.78, 5) is 39.1. The van der Waals surface area contributed by atoms with Gasteiger partial charge in [-0.15, -0.1) is 0 Å². The van der Waals surface area contributed by atoms with Gasteiger partial charge in [-0.25, -0.2) is 13.8 Å². The SMILES string of the molecule is NC(=O)c1nccc2[nH]c(-c3cc4ccccc4nc3N3CC[C@@H]4CC(F)(F)C[C@@H]4C3)cc(=O)c12. The third kappa shape index (κ3) is 3.71. The van der Waals surface area contributed by atoms with Crippen molar-refractivity contribution in [1.29, 1.82) is 0 Å². The highest BCUT2D eigenvalue weighted by molar-refractivity contribution is 6.04. The number of aromatic nitrogens is 3. The van der Waals surface area contributed by atoms with Crippen molar-refractivity contribution < 1.29 is 13.6 Å². The summed E-state index contributed by atoms with van der Waals surface area (Å²) in [6.45, 7) is 1.11. The highest BCUT2D eigenvalue weighted by Crippen LogP contribution is 2.48. The van der Waals surface area contributed by atoms with Crippen LogP contribution in [0.1, 0.15) is 29.8 Å². The van der Waals surface area contributed by atoms with Gasteiger partial charge in [0.05, 0.1) is 22.1 Å². The van der Waals surface area contributed by atoms with E-state index >= 15 is 0 Å². The van der Waals surface area contributed by atoms with Gasteiger partial charge in [0.2, 0.25) is 5.92 Å². The first-order valence-corrected chi connectivity index (χ1v) is 11.6. The van der Waals surface area contributed by atoms with Crippen LogP contribution in [-0.2, 0) is 0 Å². The molecule has 1 aliphatic heterocycles. The quantitative estimate of drug-likeness (QED) is 0.464. The Labute approximate surface area is 199 Å². The lowest BCUT2D eigenvalue weighted by molar-refractivity contribution is 0.00300. The number of pyridine rings is 3. The van der Waals surface area contributed by atoms with Crippen molar-refractivity contribution in [3.63, 3.8) is 0 Å². The van der Waals surface area contributed by atoms with Crippen molar-refractivity contribution in [2.24, 2.45) is 17.6 Å². The smallest absolute Gasteiger partial charge is 0.268 e. The molecule has 1 saturated heterocycles. The Kier molecular flexibility index (Phi) is 4.84. The van der Waals surface area contributed by atoms with Crippen molar-refractivity contribution in [2.75, 3.05) is 18.0 Å². The molecule has 2 aliphatic rings. The van der Waals surface area contributed by atoms with Crippen LogP contribution in [0.4, 0.5) is 14.6 Å². The molecule has 3 aromatic heterocycles. The molecule has 3 N–H and O–H groups in total. The molecule has 0 unspecified atom stereocenters. The third-order valence-electron chi connectivity index (χ3n) is 7.28. The van der Waals surface area contributed by atoms with Crippen molar-refractivity contribution >= 4 is 33.5 Å². The van der Waals surface area contributed by atoms with Crippen molar-refractivity contribution in [3.8, 4) is 11.3 Å². The van der Waals surface area contributed by atoms with Crippen LogP contribution < -0.4 is 16.1 Å². The van der Waals surface area contributed by atoms with E-state index in [1.165, 1.54) is 12.3 Å². The number of benzene rings is 1. The number of para-hydroxylation sites is 1. The number of amides is 1. The third-order valence-corrected chi connectivity index (χ3v) is 7.28. The second kappa shape index (κ2) is 7.83. The first-order chi connectivity index (χ1) is 16.8. The lowest BCUT2D eigenvalue weighted by Crippen LogP contribution is -2.39. The van der Waals surface area contributed by atoms with Crippen molar-refractivity contribution in [2.45, 2.75) is 25.2 Å². The van der Waals surface area contributed by atoms with E-state index in [-0.39, 0.29) is 41.2 Å². The molecule has 4 heterocycles. The van der Waals surface area contributed by atoms with Gasteiger partial charge in [0.25, 0.3) is 5.91 Å². The maximum Gasteiger partial charge on any atom is 0.268 e. The van der Waals surface area contributed by atoms with Crippen LogP contribution in [0.15, 0.2) is 53.5 Å². The normalized spacial score (nSPS) is 21.4. The number of halogens is 2. The first-order valence-electron chi connectivity index (χ1n) is 11.6. The van der Waals surface area contributed by atoms with Crippen LogP contribution in [0, 0.1) is 11.8 Å². The standard InChI is InChI=1S/C26H23F2N5O2/c27-26(28)11-15-6-8-33(13-16(15)12-26)25-17(9-14-3-1-2-4-18(14)32-25)20-10-21(34)22-19(31-20)5-7-30-23(22)24(29)35/h1-5,7,9-10,15-16H,6,8,11-13H2,(H2,29,35)(H,31,34)/t15-,16-/m1/s1. The van der Waals surface area contributed by atoms with Crippen molar-refractivity contribution in [3.05, 3.63) is 64.6 Å². The Morgan fingerprint density at radius 3 is 2.77 bits per heavy atom. The Balaban J connectivity index is 1.51. The summed E-state index contributed by atoms with van der Waals surface area (Å²) >= 11 is 0. The minimum Gasteiger partial charge on any atom is -0.364 e. The van der Waals surface area contributed by atoms with Gasteiger partial charge in [-0.2, -0.15) is 0 Å². The number of hydrogen-bond donors (Lipinski definition) is 2. The molecule has 178 valence electrons. The summed E-state index contributed by atoms with van der Waals surface area (Å²) in [7, 11) is 0. The molecule has 2 fully saturated rings. The second-order valence-corrected chi connectivity index (χ2v) is 9.56. The van der Waals surface area contributed by atoms with Crippen LogP contribution >= 0.6 is 0 Å². The lowest BCUT2D eigenvalue weighted by atomic mass is 9.88. The number of H-pyrrole nitrogens is 1. The number of primary amides is 1. The summed E-state index contributed by atoms with van der Waals surface area (Å²) in [5, 5.41) is 1.02. The molecular formula is C26H23F2N5O2. The van der Waals surface area contributed by atoms with Crippen LogP contribution in [0.3, 0.4) is 0 Å². The summed E-state index contributed by atoms with van der Waals surface area (Å²) in [5.74, 6) is -2.82. The van der Waals surface area contributed by atoms with E-state index in [0.29, 0.717) is 42.1 Å². The summed E-state index contributed by atoms with van der Waals surface area (Å²) in [6, 6.07) is 12.7. The number of nitrogens with zero attached hydrogens (tertiary/aromatic N) is 3. The molecule has 1 amide bonds. The number of nitrogens with two attached hydrogens (primary N) is 1. The van der Waals surface area contributed by atoms with Crippen LogP contribution in [0.25, 0.3) is 33.1 Å². The number of piperidine rings is 1. The Hall–Kier alpha value is -3.88. The van der Waals surface area contributed by atoms with E-state index in [0.717, 1.165) is 10.9 Å². The molecule has 0 bridgehead atoms. The number of anilines is 1. The highest BCUT2D eigenvalue weighted by Gasteiger charge is 2.48. The van der Waals surface area contributed by atoms with E-state index in [9.17, 15) is 18.4 Å². The zero-order valence-electron chi connectivity index (χ0n) is 18.8. The van der Waals surface area contributed by atoms with Crippen LogP contribution in [-0.4, -0.2) is 39.9 Å². The fourth-order valence-corrected chi connectivity index (χ4v) is 5.70. The number of aromatic amines is 1. The summed E-state index contributed by atoms with van der Waals surface area (Å²) < 4.78 is 28.2. The van der Waals surface area contributed by atoms with Crippen molar-refractivity contribution in [1.82, 2.24) is 15.0 Å². The zero-order valence-corrected chi connectivity index (χ0v) is 18.8. The molecule has 4 aromatic rings.